The van der Waals surface area contributed by atoms with Crippen LogP contribution in [-0.2, 0) is 9.59 Å². The first kappa shape index (κ1) is 13.3. The number of carbonyl (C=O) groups is 2. The van der Waals surface area contributed by atoms with Crippen LogP contribution in [0, 0.1) is 6.92 Å². The van der Waals surface area contributed by atoms with Crippen molar-refractivity contribution in [3.05, 3.63) is 11.9 Å². The molecule has 2 amide bonds. The molecule has 2 rings (SSSR count). The van der Waals surface area contributed by atoms with Gasteiger partial charge in [0.05, 0.1) is 0 Å². The van der Waals surface area contributed by atoms with Gasteiger partial charge in [0.2, 0.25) is 5.91 Å². The van der Waals surface area contributed by atoms with Crippen LogP contribution >= 0.6 is 0 Å². The first-order valence-electron chi connectivity index (χ1n) is 6.11. The molecule has 1 saturated heterocycles. The normalized spacial score (nSPS) is 19.5. The summed E-state index contributed by atoms with van der Waals surface area (Å²) in [5, 5.41) is 6.05. The van der Waals surface area contributed by atoms with Crippen LogP contribution in [0.15, 0.2) is 6.33 Å². The van der Waals surface area contributed by atoms with Gasteiger partial charge in [0, 0.05) is 26.1 Å². The van der Waals surface area contributed by atoms with E-state index in [9.17, 15) is 9.59 Å². The van der Waals surface area contributed by atoms with E-state index in [-0.39, 0.29) is 11.8 Å². The predicted octanol–water partition coefficient (Wildman–Crippen LogP) is 0.386. The van der Waals surface area contributed by atoms with Crippen molar-refractivity contribution in [3.63, 3.8) is 0 Å². The highest BCUT2D eigenvalue weighted by molar-refractivity contribution is 6.01. The predicted molar refractivity (Wildman–Crippen MR) is 70.7 cm³/mol. The van der Waals surface area contributed by atoms with E-state index in [1.165, 1.54) is 13.4 Å². The third kappa shape index (κ3) is 2.49. The first-order valence-corrected chi connectivity index (χ1v) is 6.11. The lowest BCUT2D eigenvalue weighted by Gasteiger charge is -2.28. The number of hydrogen-bond donors (Lipinski definition) is 2. The quantitative estimate of drug-likeness (QED) is 0.767. The van der Waals surface area contributed by atoms with E-state index in [1.54, 1.807) is 7.05 Å². The molecule has 1 atom stereocenters. The van der Waals surface area contributed by atoms with Crippen molar-refractivity contribution >= 4 is 23.5 Å². The molecular weight excluding hydrogens is 246 g/mol. The molecule has 19 heavy (non-hydrogen) atoms. The fourth-order valence-corrected chi connectivity index (χ4v) is 2.06. The van der Waals surface area contributed by atoms with Gasteiger partial charge in [0.15, 0.2) is 0 Å². The number of rotatable bonds is 3. The number of anilines is 2. The number of likely N-dealkylation sites (tertiary alicyclic amines) is 1. The van der Waals surface area contributed by atoms with Crippen LogP contribution in [0.3, 0.4) is 0 Å². The van der Waals surface area contributed by atoms with Crippen LogP contribution in [0.25, 0.3) is 0 Å². The van der Waals surface area contributed by atoms with E-state index >= 15 is 0 Å². The lowest BCUT2D eigenvalue weighted by atomic mass is 10.0. The Morgan fingerprint density at radius 3 is 2.68 bits per heavy atom. The highest BCUT2D eigenvalue weighted by Crippen LogP contribution is 2.21. The number of carbonyl (C=O) groups excluding carboxylic acids is 2. The van der Waals surface area contributed by atoms with Crippen LogP contribution in [0.4, 0.5) is 11.6 Å². The van der Waals surface area contributed by atoms with Gasteiger partial charge in [0.1, 0.15) is 24.0 Å². The second kappa shape index (κ2) is 5.21. The van der Waals surface area contributed by atoms with Crippen LogP contribution in [0.2, 0.25) is 0 Å². The van der Waals surface area contributed by atoms with Crippen molar-refractivity contribution in [1.82, 2.24) is 14.9 Å². The van der Waals surface area contributed by atoms with Crippen molar-refractivity contribution in [3.8, 4) is 0 Å². The monoisotopic (exact) mass is 263 g/mol. The van der Waals surface area contributed by atoms with Gasteiger partial charge in [-0.25, -0.2) is 9.97 Å². The molecule has 1 fully saturated rings. The number of nitrogens with zero attached hydrogens (tertiary/aromatic N) is 3. The summed E-state index contributed by atoms with van der Waals surface area (Å²) in [6.07, 6.45) is 2.28. The average molecular weight is 263 g/mol. The smallest absolute Gasteiger partial charge is 0.251 e. The number of hydrogen-bond acceptors (Lipinski definition) is 6. The molecule has 2 heterocycles. The molecule has 1 aliphatic heterocycles. The topological polar surface area (TPSA) is 87.2 Å². The number of amides is 2. The zero-order valence-corrected chi connectivity index (χ0v) is 11.2. The van der Waals surface area contributed by atoms with Crippen molar-refractivity contribution in [2.24, 2.45) is 0 Å². The average Bonchev–Trinajstić information content (AvgIpc) is 2.41. The van der Waals surface area contributed by atoms with Crippen molar-refractivity contribution in [1.29, 1.82) is 0 Å². The molecule has 102 valence electrons. The third-order valence-corrected chi connectivity index (χ3v) is 3.28. The standard InChI is InChI=1S/C12H17N5O2/c1-7-10(13-2)14-6-15-11(7)16-8-4-5-9(18)17(3)12(8)19/h6,8H,4-5H2,1-3H3,(H2,13,14,15,16). The Bertz CT molecular complexity index is 517. The van der Waals surface area contributed by atoms with Crippen molar-refractivity contribution in [2.75, 3.05) is 24.7 Å². The minimum Gasteiger partial charge on any atom is -0.373 e. The molecule has 1 aromatic heterocycles. The number of piperidine rings is 1. The fourth-order valence-electron chi connectivity index (χ4n) is 2.06. The van der Waals surface area contributed by atoms with Crippen molar-refractivity contribution in [2.45, 2.75) is 25.8 Å². The minimum absolute atomic E-state index is 0.140. The molecule has 7 heteroatoms. The molecule has 0 spiro atoms. The first-order chi connectivity index (χ1) is 9.04. The Hall–Kier alpha value is -2.18. The van der Waals surface area contributed by atoms with E-state index in [1.807, 2.05) is 6.92 Å². The molecule has 7 nitrogen and oxygen atoms in total. The number of imide groups is 1. The molecule has 1 aromatic rings. The summed E-state index contributed by atoms with van der Waals surface area (Å²) < 4.78 is 0. The second-order valence-electron chi connectivity index (χ2n) is 4.47. The SMILES string of the molecule is CNc1ncnc(NC2CCC(=O)N(C)C2=O)c1C. The van der Waals surface area contributed by atoms with Gasteiger partial charge in [-0.1, -0.05) is 0 Å². The molecule has 1 aliphatic rings. The largest absolute Gasteiger partial charge is 0.373 e. The van der Waals surface area contributed by atoms with Crippen LogP contribution in [-0.4, -0.2) is 46.8 Å². The minimum atomic E-state index is -0.416. The Balaban J connectivity index is 2.18. The molecule has 0 radical (unpaired) electrons. The molecule has 2 N–H and O–H groups in total. The Labute approximate surface area is 111 Å². The van der Waals surface area contributed by atoms with Gasteiger partial charge in [-0.15, -0.1) is 0 Å². The highest BCUT2D eigenvalue weighted by atomic mass is 16.2. The lowest BCUT2D eigenvalue weighted by Crippen LogP contribution is -2.48. The maximum atomic E-state index is 12.0. The molecule has 1 unspecified atom stereocenters. The van der Waals surface area contributed by atoms with E-state index in [2.05, 4.69) is 20.6 Å². The Kier molecular flexibility index (Phi) is 3.64. The maximum absolute atomic E-state index is 12.0. The zero-order valence-electron chi connectivity index (χ0n) is 11.2. The second-order valence-corrected chi connectivity index (χ2v) is 4.47. The summed E-state index contributed by atoms with van der Waals surface area (Å²) in [6, 6.07) is -0.416. The van der Waals surface area contributed by atoms with Crippen LogP contribution in [0.1, 0.15) is 18.4 Å². The third-order valence-electron chi connectivity index (χ3n) is 3.28. The Morgan fingerprint density at radius 1 is 1.32 bits per heavy atom. The summed E-state index contributed by atoms with van der Waals surface area (Å²) in [7, 11) is 3.28. The van der Waals surface area contributed by atoms with E-state index in [4.69, 9.17) is 0 Å². The van der Waals surface area contributed by atoms with Gasteiger partial charge in [-0.2, -0.15) is 0 Å². The lowest BCUT2D eigenvalue weighted by molar-refractivity contribution is -0.146. The number of nitrogens with one attached hydrogen (secondary N) is 2. The number of likely N-dealkylation sites (N-methyl/N-ethyl adjacent to an activating group) is 1. The zero-order chi connectivity index (χ0) is 14.0. The van der Waals surface area contributed by atoms with E-state index < -0.39 is 6.04 Å². The van der Waals surface area contributed by atoms with Gasteiger partial charge < -0.3 is 10.6 Å². The fraction of sp³-hybridized carbons (Fsp3) is 0.500. The summed E-state index contributed by atoms with van der Waals surface area (Å²) in [4.78, 5) is 32.8. The Morgan fingerprint density at radius 2 is 2.00 bits per heavy atom. The number of aromatic nitrogens is 2. The van der Waals surface area contributed by atoms with Crippen molar-refractivity contribution < 1.29 is 9.59 Å². The summed E-state index contributed by atoms with van der Waals surface area (Å²) in [6.45, 7) is 1.87. The van der Waals surface area contributed by atoms with E-state index in [0.717, 1.165) is 10.5 Å². The van der Waals surface area contributed by atoms with Gasteiger partial charge >= 0.3 is 0 Å². The molecule has 0 aromatic carbocycles. The maximum Gasteiger partial charge on any atom is 0.251 e. The summed E-state index contributed by atoms with van der Waals surface area (Å²) in [5.74, 6) is 0.962. The molecular formula is C12H17N5O2. The van der Waals surface area contributed by atoms with Crippen LogP contribution < -0.4 is 10.6 Å². The van der Waals surface area contributed by atoms with Gasteiger partial charge in [-0.05, 0) is 13.3 Å². The highest BCUT2D eigenvalue weighted by Gasteiger charge is 2.32. The molecule has 0 aliphatic carbocycles. The van der Waals surface area contributed by atoms with Crippen LogP contribution in [0.5, 0.6) is 0 Å². The van der Waals surface area contributed by atoms with Gasteiger partial charge in [0.25, 0.3) is 5.91 Å². The summed E-state index contributed by atoms with van der Waals surface area (Å²) in [5.41, 5.74) is 0.845. The van der Waals surface area contributed by atoms with Gasteiger partial charge in [-0.3, -0.25) is 14.5 Å². The molecule has 0 bridgehead atoms. The molecule has 0 saturated carbocycles. The van der Waals surface area contributed by atoms with E-state index in [0.29, 0.717) is 24.5 Å². The summed E-state index contributed by atoms with van der Waals surface area (Å²) >= 11 is 0.